The lowest BCUT2D eigenvalue weighted by Gasteiger charge is -2.47. The number of β-amino-alcohol motifs (C(OH)–C–C–N with tert-alkyl or cyclic N) is 1. The first-order valence-electron chi connectivity index (χ1n) is 6.68. The first kappa shape index (κ1) is 14.0. The summed E-state index contributed by atoms with van der Waals surface area (Å²) < 4.78 is 5.31. The van der Waals surface area contributed by atoms with Crippen molar-refractivity contribution in [2.75, 3.05) is 20.2 Å². The third-order valence-corrected chi connectivity index (χ3v) is 3.56. The van der Waals surface area contributed by atoms with Gasteiger partial charge in [0.2, 0.25) is 0 Å². The Kier molecular flexibility index (Phi) is 4.22. The van der Waals surface area contributed by atoms with Crippen LogP contribution in [0.3, 0.4) is 0 Å². The van der Waals surface area contributed by atoms with Crippen LogP contribution in [0.4, 0.5) is 0 Å². The summed E-state index contributed by atoms with van der Waals surface area (Å²) >= 11 is 0. The largest absolute Gasteiger partial charge is 0.386 e. The fourth-order valence-corrected chi connectivity index (χ4v) is 2.62. The van der Waals surface area contributed by atoms with Crippen molar-refractivity contribution in [3.05, 3.63) is 35.9 Å². The van der Waals surface area contributed by atoms with Crippen LogP contribution in [-0.2, 0) is 9.53 Å². The number of hydrogen-bond donors (Lipinski definition) is 1. The highest BCUT2D eigenvalue weighted by molar-refractivity contribution is 5.83. The van der Waals surface area contributed by atoms with Gasteiger partial charge < -0.3 is 14.7 Å². The Morgan fingerprint density at radius 3 is 2.58 bits per heavy atom. The predicted octanol–water partition coefficient (Wildman–Crippen LogP) is 1.75. The van der Waals surface area contributed by atoms with Gasteiger partial charge in [-0.3, -0.25) is 4.79 Å². The van der Waals surface area contributed by atoms with Crippen LogP contribution >= 0.6 is 0 Å². The van der Waals surface area contributed by atoms with Crippen molar-refractivity contribution in [3.8, 4) is 0 Å². The second-order valence-corrected chi connectivity index (χ2v) is 5.20. The maximum atomic E-state index is 12.3. The molecule has 1 aliphatic heterocycles. The number of amides is 1. The van der Waals surface area contributed by atoms with Crippen LogP contribution in [0.2, 0.25) is 0 Å². The number of nitrogens with zero attached hydrogens (tertiary/aromatic N) is 1. The average Bonchev–Trinajstić information content (AvgIpc) is 2.38. The zero-order valence-electron chi connectivity index (χ0n) is 11.5. The molecule has 19 heavy (non-hydrogen) atoms. The Bertz CT molecular complexity index is 426. The minimum Gasteiger partial charge on any atom is -0.386 e. The van der Waals surface area contributed by atoms with Gasteiger partial charge in [0.15, 0.2) is 6.10 Å². The molecule has 0 saturated carbocycles. The number of benzene rings is 1. The maximum Gasteiger partial charge on any atom is 0.256 e. The summed E-state index contributed by atoms with van der Waals surface area (Å²) in [5.41, 5.74) is 0.153. The standard InChI is InChI=1S/C15H21NO3/c1-3-9-15(18)10-16(11-15)14(17)13(19-2)12-7-5-4-6-8-12/h4-8,13,18H,3,9-11H2,1-2H3. The summed E-state index contributed by atoms with van der Waals surface area (Å²) in [4.78, 5) is 14.0. The summed E-state index contributed by atoms with van der Waals surface area (Å²) in [5.74, 6) is -0.0746. The molecule has 1 unspecified atom stereocenters. The number of rotatable bonds is 5. The van der Waals surface area contributed by atoms with E-state index < -0.39 is 11.7 Å². The second kappa shape index (κ2) is 5.72. The molecule has 1 N–H and O–H groups in total. The molecular formula is C15H21NO3. The SMILES string of the molecule is CCCC1(O)CN(C(=O)C(OC)c2ccccc2)C1. The quantitative estimate of drug-likeness (QED) is 0.880. The highest BCUT2D eigenvalue weighted by atomic mass is 16.5. The smallest absolute Gasteiger partial charge is 0.256 e. The van der Waals surface area contributed by atoms with Gasteiger partial charge in [0.05, 0.1) is 18.7 Å². The van der Waals surface area contributed by atoms with Crippen LogP contribution in [0.25, 0.3) is 0 Å². The van der Waals surface area contributed by atoms with E-state index in [1.54, 1.807) is 4.90 Å². The number of carbonyl (C=O) groups excluding carboxylic acids is 1. The van der Waals surface area contributed by atoms with Crippen molar-refractivity contribution < 1.29 is 14.6 Å². The van der Waals surface area contributed by atoms with Gasteiger partial charge in [0.1, 0.15) is 0 Å². The normalized spacial score (nSPS) is 18.8. The first-order chi connectivity index (χ1) is 9.09. The Balaban J connectivity index is 2.00. The molecule has 0 aliphatic carbocycles. The van der Waals surface area contributed by atoms with Crippen LogP contribution in [0, 0.1) is 0 Å². The van der Waals surface area contributed by atoms with E-state index in [-0.39, 0.29) is 5.91 Å². The van der Waals surface area contributed by atoms with Gasteiger partial charge in [0.25, 0.3) is 5.91 Å². The molecule has 0 aromatic heterocycles. The van der Waals surface area contributed by atoms with Gasteiger partial charge in [0, 0.05) is 7.11 Å². The van der Waals surface area contributed by atoms with E-state index in [2.05, 4.69) is 0 Å². The van der Waals surface area contributed by atoms with Crippen molar-refractivity contribution in [2.24, 2.45) is 0 Å². The molecule has 2 rings (SSSR count). The summed E-state index contributed by atoms with van der Waals surface area (Å²) in [7, 11) is 1.54. The highest BCUT2D eigenvalue weighted by Gasteiger charge is 2.44. The number of likely N-dealkylation sites (tertiary alicyclic amines) is 1. The monoisotopic (exact) mass is 263 g/mol. The van der Waals surface area contributed by atoms with Crippen LogP contribution in [0.1, 0.15) is 31.4 Å². The molecule has 4 heteroatoms. The molecule has 1 aromatic carbocycles. The lowest BCUT2D eigenvalue weighted by Crippen LogP contribution is -2.64. The van der Waals surface area contributed by atoms with Gasteiger partial charge in [-0.1, -0.05) is 43.7 Å². The number of carbonyl (C=O) groups is 1. The molecule has 1 atom stereocenters. The van der Waals surface area contributed by atoms with Gasteiger partial charge in [-0.15, -0.1) is 0 Å². The highest BCUT2D eigenvalue weighted by Crippen LogP contribution is 2.29. The second-order valence-electron chi connectivity index (χ2n) is 5.20. The van der Waals surface area contributed by atoms with E-state index in [0.717, 1.165) is 18.4 Å². The van der Waals surface area contributed by atoms with Crippen molar-refractivity contribution in [1.29, 1.82) is 0 Å². The van der Waals surface area contributed by atoms with Crippen LogP contribution in [-0.4, -0.2) is 41.7 Å². The van der Waals surface area contributed by atoms with Gasteiger partial charge in [-0.2, -0.15) is 0 Å². The Hall–Kier alpha value is -1.39. The summed E-state index contributed by atoms with van der Waals surface area (Å²) in [6.07, 6.45) is 1.08. The summed E-state index contributed by atoms with van der Waals surface area (Å²) in [6.45, 7) is 2.85. The lowest BCUT2D eigenvalue weighted by molar-refractivity contribution is -0.166. The van der Waals surface area contributed by atoms with Crippen LogP contribution in [0.5, 0.6) is 0 Å². The molecule has 4 nitrogen and oxygen atoms in total. The number of aliphatic hydroxyl groups is 1. The zero-order valence-corrected chi connectivity index (χ0v) is 11.5. The Morgan fingerprint density at radius 1 is 1.42 bits per heavy atom. The van der Waals surface area contributed by atoms with Gasteiger partial charge >= 0.3 is 0 Å². The molecular weight excluding hydrogens is 242 g/mol. The predicted molar refractivity (Wildman–Crippen MR) is 72.6 cm³/mol. The minimum absolute atomic E-state index is 0.0746. The van der Waals surface area contributed by atoms with Crippen molar-refractivity contribution >= 4 is 5.91 Å². The fraction of sp³-hybridized carbons (Fsp3) is 0.533. The minimum atomic E-state index is -0.695. The maximum absolute atomic E-state index is 12.3. The first-order valence-corrected chi connectivity index (χ1v) is 6.68. The van der Waals surface area contributed by atoms with Crippen molar-refractivity contribution in [1.82, 2.24) is 4.90 Å². The third-order valence-electron chi connectivity index (χ3n) is 3.56. The van der Waals surface area contributed by atoms with E-state index in [9.17, 15) is 9.90 Å². The van der Waals surface area contributed by atoms with E-state index in [1.807, 2.05) is 37.3 Å². The molecule has 1 saturated heterocycles. The van der Waals surface area contributed by atoms with Gasteiger partial charge in [-0.25, -0.2) is 0 Å². The molecule has 1 fully saturated rings. The Morgan fingerprint density at radius 2 is 2.05 bits per heavy atom. The number of methoxy groups -OCH3 is 1. The topological polar surface area (TPSA) is 49.8 Å². The number of ether oxygens (including phenoxy) is 1. The molecule has 1 aliphatic rings. The molecule has 0 spiro atoms. The molecule has 0 bridgehead atoms. The summed E-state index contributed by atoms with van der Waals surface area (Å²) in [6, 6.07) is 9.44. The third kappa shape index (κ3) is 2.96. The fourth-order valence-electron chi connectivity index (χ4n) is 2.62. The Labute approximate surface area is 114 Å². The van der Waals surface area contributed by atoms with Gasteiger partial charge in [-0.05, 0) is 12.0 Å². The van der Waals surface area contributed by atoms with Crippen LogP contribution < -0.4 is 0 Å². The van der Waals surface area contributed by atoms with E-state index >= 15 is 0 Å². The van der Waals surface area contributed by atoms with E-state index in [4.69, 9.17) is 4.74 Å². The summed E-state index contributed by atoms with van der Waals surface area (Å²) in [5, 5.41) is 10.1. The molecule has 1 heterocycles. The zero-order chi connectivity index (χ0) is 13.9. The van der Waals surface area contributed by atoms with Crippen LogP contribution in [0.15, 0.2) is 30.3 Å². The molecule has 1 amide bonds. The van der Waals surface area contributed by atoms with Crippen molar-refractivity contribution in [2.45, 2.75) is 31.5 Å². The van der Waals surface area contributed by atoms with E-state index in [1.165, 1.54) is 7.11 Å². The number of hydrogen-bond acceptors (Lipinski definition) is 3. The van der Waals surface area contributed by atoms with Crippen molar-refractivity contribution in [3.63, 3.8) is 0 Å². The molecule has 1 aromatic rings. The van der Waals surface area contributed by atoms with E-state index in [0.29, 0.717) is 13.1 Å². The molecule has 104 valence electrons. The molecule has 0 radical (unpaired) electrons. The average molecular weight is 263 g/mol. The lowest BCUT2D eigenvalue weighted by atomic mass is 9.88.